The van der Waals surface area contributed by atoms with Gasteiger partial charge < -0.3 is 5.11 Å². The second kappa shape index (κ2) is 10.8. The first kappa shape index (κ1) is 25.0. The summed E-state index contributed by atoms with van der Waals surface area (Å²) in [5.74, 6) is 0.625. The molecule has 30 heavy (non-hydrogen) atoms. The number of rotatable bonds is 10. The molecule has 0 aliphatic rings. The van der Waals surface area contributed by atoms with Crippen LogP contribution in [0.1, 0.15) is 48.0 Å². The molecule has 166 valence electrons. The third-order valence-corrected chi connectivity index (χ3v) is 13.1. The Labute approximate surface area is 186 Å². The summed E-state index contributed by atoms with van der Waals surface area (Å²) in [6.45, 7) is 12.8. The van der Waals surface area contributed by atoms with Gasteiger partial charge in [-0.25, -0.2) is 8.93 Å². The number of hydrogen-bond acceptors (Lipinski definition) is 2. The normalized spacial score (nSPS) is 15.7. The van der Waals surface area contributed by atoms with Crippen molar-refractivity contribution >= 4 is 29.4 Å². The highest BCUT2D eigenvalue weighted by Crippen LogP contribution is 2.27. The molecule has 0 heterocycles. The topological polar surface area (TPSA) is 49.3 Å². The molecular weight excluding hydrogens is 406 g/mol. The van der Waals surface area contributed by atoms with Crippen LogP contribution in [0, 0.1) is 11.8 Å². The van der Waals surface area contributed by atoms with Crippen molar-refractivity contribution in [2.24, 2.45) is 11.8 Å². The molecule has 0 saturated carbocycles. The fraction of sp³-hybridized carbons (Fsp3) is 0.520. The molecule has 0 amide bonds. The molecule has 2 aromatic rings. The summed E-state index contributed by atoms with van der Waals surface area (Å²) in [6.07, 6.45) is 0.940. The van der Waals surface area contributed by atoms with E-state index >= 15 is 0 Å². The summed E-state index contributed by atoms with van der Waals surface area (Å²) >= 11 is 0. The first-order chi connectivity index (χ1) is 14.1. The van der Waals surface area contributed by atoms with Crippen LogP contribution in [0.25, 0.3) is 0 Å². The van der Waals surface area contributed by atoms with Crippen molar-refractivity contribution in [1.29, 1.82) is 0 Å². The number of aliphatic hydroxyl groups is 1. The molecule has 2 N–H and O–H groups in total. The predicted octanol–water partition coefficient (Wildman–Crippen LogP) is 3.88. The minimum atomic E-state index is -2.43. The highest BCUT2D eigenvalue weighted by molar-refractivity contribution is 7.84. The summed E-state index contributed by atoms with van der Waals surface area (Å²) in [5.41, 5.74) is 0.0939. The van der Waals surface area contributed by atoms with Crippen molar-refractivity contribution in [3.63, 3.8) is 0 Å². The Bertz CT molecular complexity index is 750. The van der Waals surface area contributed by atoms with Gasteiger partial charge in [-0.3, -0.25) is 0 Å². The average molecular weight is 446 g/mol. The Hall–Kier alpha value is -1.27. The maximum atomic E-state index is 13.3. The lowest BCUT2D eigenvalue weighted by molar-refractivity contribution is 0.247. The molecule has 2 aromatic carbocycles. The number of aliphatic hydroxyl groups excluding tert-OH is 1. The molecule has 0 bridgehead atoms. The van der Waals surface area contributed by atoms with Gasteiger partial charge in [0.2, 0.25) is 0 Å². The monoisotopic (exact) mass is 445 g/mol. The van der Waals surface area contributed by atoms with Crippen LogP contribution in [-0.4, -0.2) is 34.4 Å². The van der Waals surface area contributed by atoms with Crippen LogP contribution in [0.2, 0.25) is 6.04 Å². The fourth-order valence-electron chi connectivity index (χ4n) is 4.16. The van der Waals surface area contributed by atoms with E-state index in [0.717, 1.165) is 12.5 Å². The Morgan fingerprint density at radius 3 is 1.77 bits per heavy atom. The smallest absolute Gasteiger partial charge is 0.136 e. The summed E-state index contributed by atoms with van der Waals surface area (Å²) in [5, 5.41) is 12.7. The number of nitrogens with one attached hydrogen (secondary N) is 1. The SMILES string of the molecule is CC(C)C[C@H](NS(=O)C(C)(C)C)[Si](CC(C)CO)(c1ccccc1)c1ccccc1. The number of benzene rings is 2. The van der Waals surface area contributed by atoms with Crippen LogP contribution in [0.5, 0.6) is 0 Å². The van der Waals surface area contributed by atoms with E-state index in [1.54, 1.807) is 0 Å². The van der Waals surface area contributed by atoms with Gasteiger partial charge >= 0.3 is 0 Å². The zero-order valence-corrected chi connectivity index (χ0v) is 21.2. The number of hydrogen-bond donors (Lipinski definition) is 2. The van der Waals surface area contributed by atoms with Gasteiger partial charge in [-0.15, -0.1) is 0 Å². The molecule has 0 fully saturated rings. The van der Waals surface area contributed by atoms with Gasteiger partial charge in [0.1, 0.15) is 8.07 Å². The van der Waals surface area contributed by atoms with Gasteiger partial charge in [0.05, 0.1) is 15.7 Å². The van der Waals surface area contributed by atoms with Crippen LogP contribution in [0.3, 0.4) is 0 Å². The summed E-state index contributed by atoms with van der Waals surface area (Å²) in [6, 6.07) is 22.4. The minimum absolute atomic E-state index is 0.0939. The Balaban J connectivity index is 2.75. The van der Waals surface area contributed by atoms with Gasteiger partial charge in [-0.2, -0.15) is 0 Å². The van der Waals surface area contributed by atoms with Crippen LogP contribution < -0.4 is 15.1 Å². The van der Waals surface area contributed by atoms with Crippen molar-refractivity contribution in [1.82, 2.24) is 4.72 Å². The zero-order chi connectivity index (χ0) is 22.4. The summed E-state index contributed by atoms with van der Waals surface area (Å²) in [7, 11) is -3.60. The van der Waals surface area contributed by atoms with Crippen molar-refractivity contribution in [3.8, 4) is 0 Å². The van der Waals surface area contributed by atoms with Gasteiger partial charge in [0.15, 0.2) is 0 Å². The first-order valence-corrected chi connectivity index (χ1v) is 14.4. The lowest BCUT2D eigenvalue weighted by atomic mass is 10.1. The van der Waals surface area contributed by atoms with E-state index in [1.165, 1.54) is 10.4 Å². The standard InChI is InChI=1S/C25H39NO2SSi/c1-20(2)17-24(26-29(28)25(4,5)6)30(19-21(3)18-27,22-13-9-7-10-14-22)23-15-11-8-12-16-23/h7-16,20-21,24,26-27H,17-19H2,1-6H3/t21?,24-,29?/m1/s1. The van der Waals surface area contributed by atoms with Crippen LogP contribution >= 0.6 is 0 Å². The molecule has 0 radical (unpaired) electrons. The summed E-state index contributed by atoms with van der Waals surface area (Å²) in [4.78, 5) is 0. The first-order valence-electron chi connectivity index (χ1n) is 11.0. The quantitative estimate of drug-likeness (QED) is 0.545. The maximum absolute atomic E-state index is 13.3. The van der Waals surface area contributed by atoms with E-state index in [1.807, 2.05) is 20.8 Å². The largest absolute Gasteiger partial charge is 0.396 e. The van der Waals surface area contributed by atoms with E-state index in [9.17, 15) is 9.32 Å². The van der Waals surface area contributed by atoms with Crippen molar-refractivity contribution in [2.75, 3.05) is 6.61 Å². The minimum Gasteiger partial charge on any atom is -0.396 e. The molecule has 0 aromatic heterocycles. The molecular formula is C25H39NO2SSi. The Kier molecular flexibility index (Phi) is 9.04. The Morgan fingerprint density at radius 1 is 0.933 bits per heavy atom. The van der Waals surface area contributed by atoms with Crippen molar-refractivity contribution in [2.45, 2.75) is 64.4 Å². The molecule has 0 aliphatic heterocycles. The van der Waals surface area contributed by atoms with E-state index in [0.29, 0.717) is 5.92 Å². The highest BCUT2D eigenvalue weighted by atomic mass is 32.2. The van der Waals surface area contributed by atoms with Crippen LogP contribution in [0.15, 0.2) is 60.7 Å². The second-order valence-corrected chi connectivity index (χ2v) is 16.1. The van der Waals surface area contributed by atoms with Crippen molar-refractivity contribution < 1.29 is 9.32 Å². The molecule has 3 atom stereocenters. The van der Waals surface area contributed by atoms with E-state index in [2.05, 4.69) is 86.2 Å². The molecule has 2 unspecified atom stereocenters. The molecule has 3 nitrogen and oxygen atoms in total. The molecule has 0 saturated heterocycles. The fourth-order valence-corrected chi connectivity index (χ4v) is 11.6. The molecule has 5 heteroatoms. The lowest BCUT2D eigenvalue weighted by Crippen LogP contribution is -2.71. The van der Waals surface area contributed by atoms with E-state index in [-0.39, 0.29) is 22.9 Å². The van der Waals surface area contributed by atoms with E-state index < -0.39 is 19.1 Å². The molecule has 0 aliphatic carbocycles. The Morgan fingerprint density at radius 2 is 1.40 bits per heavy atom. The molecule has 0 spiro atoms. The van der Waals surface area contributed by atoms with E-state index in [4.69, 9.17) is 0 Å². The zero-order valence-electron chi connectivity index (χ0n) is 19.4. The maximum Gasteiger partial charge on any atom is 0.136 e. The third kappa shape index (κ3) is 6.13. The van der Waals surface area contributed by atoms with Crippen LogP contribution in [-0.2, 0) is 11.0 Å². The van der Waals surface area contributed by atoms with Gasteiger partial charge in [0, 0.05) is 12.3 Å². The van der Waals surface area contributed by atoms with Gasteiger partial charge in [0.25, 0.3) is 0 Å². The lowest BCUT2D eigenvalue weighted by Gasteiger charge is -2.43. The average Bonchev–Trinajstić information content (AvgIpc) is 2.71. The second-order valence-electron chi connectivity index (χ2n) is 9.88. The summed E-state index contributed by atoms with van der Waals surface area (Å²) < 4.78 is 16.6. The third-order valence-electron chi connectivity index (χ3n) is 5.67. The predicted molar refractivity (Wildman–Crippen MR) is 133 cm³/mol. The highest BCUT2D eigenvalue weighted by Gasteiger charge is 2.46. The molecule has 2 rings (SSSR count). The van der Waals surface area contributed by atoms with Gasteiger partial charge in [-0.1, -0.05) is 91.8 Å². The van der Waals surface area contributed by atoms with Crippen LogP contribution in [0.4, 0.5) is 0 Å². The van der Waals surface area contributed by atoms with Crippen molar-refractivity contribution in [3.05, 3.63) is 60.7 Å². The van der Waals surface area contributed by atoms with Gasteiger partial charge in [-0.05, 0) is 45.1 Å².